The van der Waals surface area contributed by atoms with Gasteiger partial charge in [0.15, 0.2) is 0 Å². The van der Waals surface area contributed by atoms with Crippen molar-refractivity contribution >= 4 is 17.8 Å². The maximum Gasteiger partial charge on any atom is 0.324 e. The Kier molecular flexibility index (Phi) is 6.78. The number of carbonyl (C=O) groups excluding carboxylic acids is 3. The van der Waals surface area contributed by atoms with Crippen LogP contribution in [-0.2, 0) is 22.6 Å². The van der Waals surface area contributed by atoms with E-state index in [1.807, 2.05) is 36.4 Å². The third-order valence-electron chi connectivity index (χ3n) is 4.76. The second-order valence-corrected chi connectivity index (χ2v) is 6.69. The molecule has 2 N–H and O–H groups in total. The van der Waals surface area contributed by atoms with Crippen molar-refractivity contribution in [2.24, 2.45) is 0 Å². The number of imide groups is 1. The monoisotopic (exact) mass is 396 g/mol. The topological polar surface area (TPSA) is 101 Å². The number of hydrogen-bond acceptors (Lipinski definition) is 5. The van der Waals surface area contributed by atoms with Crippen LogP contribution in [-0.4, -0.2) is 47.4 Å². The van der Waals surface area contributed by atoms with Gasteiger partial charge in [-0.1, -0.05) is 24.3 Å². The first-order chi connectivity index (χ1) is 14.1. The Morgan fingerprint density at radius 1 is 1.21 bits per heavy atom. The molecule has 29 heavy (non-hydrogen) atoms. The summed E-state index contributed by atoms with van der Waals surface area (Å²) in [5.74, 6) is 0.230. The molecule has 1 saturated heterocycles. The van der Waals surface area contributed by atoms with Crippen molar-refractivity contribution in [2.75, 3.05) is 13.7 Å². The highest BCUT2D eigenvalue weighted by Crippen LogP contribution is 2.19. The van der Waals surface area contributed by atoms with Crippen molar-refractivity contribution in [3.63, 3.8) is 0 Å². The Hall–Kier alpha value is -3.42. The van der Waals surface area contributed by atoms with Gasteiger partial charge in [0, 0.05) is 19.2 Å². The highest BCUT2D eigenvalue weighted by Gasteiger charge is 2.37. The molecule has 0 aliphatic carbocycles. The van der Waals surface area contributed by atoms with Crippen LogP contribution in [0.2, 0.25) is 0 Å². The lowest BCUT2D eigenvalue weighted by molar-refractivity contribution is -0.127. The maximum absolute atomic E-state index is 12.6. The number of hydrogen-bond donors (Lipinski definition) is 2. The zero-order valence-electron chi connectivity index (χ0n) is 16.3. The number of nitrogens with zero attached hydrogens (tertiary/aromatic N) is 2. The predicted octanol–water partition coefficient (Wildman–Crippen LogP) is 1.65. The summed E-state index contributed by atoms with van der Waals surface area (Å²) in [7, 11) is 1.58. The number of para-hydroxylation sites is 1. The fourth-order valence-corrected chi connectivity index (χ4v) is 3.18. The van der Waals surface area contributed by atoms with Crippen LogP contribution in [0.1, 0.15) is 24.1 Å². The minimum absolute atomic E-state index is 0.143. The molecule has 2 heterocycles. The van der Waals surface area contributed by atoms with Crippen LogP contribution < -0.4 is 15.4 Å². The lowest BCUT2D eigenvalue weighted by Crippen LogP contribution is -2.34. The first-order valence-electron chi connectivity index (χ1n) is 9.49. The van der Waals surface area contributed by atoms with E-state index in [9.17, 15) is 14.4 Å². The SMILES string of the molecule is COc1ccccc1CCN1C(=O)N[C@@H](CCC(=O)NCc2ccccn2)C1=O. The summed E-state index contributed by atoms with van der Waals surface area (Å²) in [4.78, 5) is 42.1. The summed E-state index contributed by atoms with van der Waals surface area (Å²) in [5.41, 5.74) is 1.68. The highest BCUT2D eigenvalue weighted by atomic mass is 16.5. The number of rotatable bonds is 9. The van der Waals surface area contributed by atoms with Crippen molar-refractivity contribution < 1.29 is 19.1 Å². The average Bonchev–Trinajstić information content (AvgIpc) is 3.02. The Labute approximate surface area is 169 Å². The van der Waals surface area contributed by atoms with Crippen LogP contribution in [0, 0.1) is 0 Å². The molecular formula is C21H24N4O4. The lowest BCUT2D eigenvalue weighted by Gasteiger charge is -2.14. The Morgan fingerprint density at radius 2 is 2.00 bits per heavy atom. The molecular weight excluding hydrogens is 372 g/mol. The van der Waals surface area contributed by atoms with E-state index in [-0.39, 0.29) is 31.2 Å². The highest BCUT2D eigenvalue weighted by molar-refractivity contribution is 6.04. The largest absolute Gasteiger partial charge is 0.496 e. The number of benzene rings is 1. The number of methoxy groups -OCH3 is 1. The van der Waals surface area contributed by atoms with Gasteiger partial charge in [-0.05, 0) is 36.6 Å². The quantitative estimate of drug-likeness (QED) is 0.628. The number of urea groups is 1. The first kappa shape index (κ1) is 20.3. The summed E-state index contributed by atoms with van der Waals surface area (Å²) < 4.78 is 5.30. The van der Waals surface area contributed by atoms with E-state index < -0.39 is 12.1 Å². The standard InChI is InChI=1S/C21H24N4O4/c1-29-18-8-3-2-6-15(18)11-13-25-20(27)17(24-21(25)28)9-10-19(26)23-14-16-7-4-5-12-22-16/h2-8,12,17H,9-11,13-14H2,1H3,(H,23,26)(H,24,28)/t17-/m0/s1. The van der Waals surface area contributed by atoms with Crippen LogP contribution in [0.4, 0.5) is 4.79 Å². The lowest BCUT2D eigenvalue weighted by atomic mass is 10.1. The van der Waals surface area contributed by atoms with Gasteiger partial charge in [0.25, 0.3) is 5.91 Å². The van der Waals surface area contributed by atoms with E-state index in [1.54, 1.807) is 19.4 Å². The molecule has 8 heteroatoms. The number of carbonyl (C=O) groups is 3. The molecule has 0 bridgehead atoms. The van der Waals surface area contributed by atoms with Gasteiger partial charge in [-0.3, -0.25) is 19.5 Å². The number of amides is 4. The van der Waals surface area contributed by atoms with Crippen LogP contribution >= 0.6 is 0 Å². The van der Waals surface area contributed by atoms with Crippen molar-refractivity contribution in [3.8, 4) is 5.75 Å². The number of nitrogens with one attached hydrogen (secondary N) is 2. The summed E-state index contributed by atoms with van der Waals surface area (Å²) >= 11 is 0. The molecule has 0 saturated carbocycles. The van der Waals surface area contributed by atoms with Crippen molar-refractivity contribution in [3.05, 3.63) is 59.9 Å². The van der Waals surface area contributed by atoms with Crippen LogP contribution in [0.5, 0.6) is 5.75 Å². The van der Waals surface area contributed by atoms with Crippen LogP contribution in [0.15, 0.2) is 48.7 Å². The molecule has 2 aromatic rings. The maximum atomic E-state index is 12.6. The third-order valence-corrected chi connectivity index (χ3v) is 4.76. The zero-order chi connectivity index (χ0) is 20.6. The number of aromatic nitrogens is 1. The fraction of sp³-hybridized carbons (Fsp3) is 0.333. The molecule has 1 aliphatic rings. The normalized spacial score (nSPS) is 15.9. The van der Waals surface area contributed by atoms with Gasteiger partial charge in [0.1, 0.15) is 11.8 Å². The average molecular weight is 396 g/mol. The number of ether oxygens (including phenoxy) is 1. The summed E-state index contributed by atoms with van der Waals surface area (Å²) in [6, 6.07) is 11.9. The van der Waals surface area contributed by atoms with Crippen molar-refractivity contribution in [2.45, 2.75) is 31.8 Å². The van der Waals surface area contributed by atoms with Gasteiger partial charge in [0.2, 0.25) is 5.91 Å². The molecule has 0 radical (unpaired) electrons. The van der Waals surface area contributed by atoms with Crippen molar-refractivity contribution in [1.82, 2.24) is 20.5 Å². The Bertz CT molecular complexity index is 872. The molecule has 152 valence electrons. The van der Waals surface area contributed by atoms with Gasteiger partial charge in [-0.15, -0.1) is 0 Å². The van der Waals surface area contributed by atoms with E-state index >= 15 is 0 Å². The van der Waals surface area contributed by atoms with Crippen LogP contribution in [0.25, 0.3) is 0 Å². The van der Waals surface area contributed by atoms with Crippen LogP contribution in [0.3, 0.4) is 0 Å². The van der Waals surface area contributed by atoms with E-state index in [2.05, 4.69) is 15.6 Å². The summed E-state index contributed by atoms with van der Waals surface area (Å²) in [5, 5.41) is 5.43. The second-order valence-electron chi connectivity index (χ2n) is 6.69. The van der Waals surface area contributed by atoms with Gasteiger partial charge in [-0.25, -0.2) is 4.79 Å². The van der Waals surface area contributed by atoms with E-state index in [4.69, 9.17) is 4.74 Å². The minimum atomic E-state index is -0.680. The predicted molar refractivity (Wildman–Crippen MR) is 106 cm³/mol. The Balaban J connectivity index is 1.46. The van der Waals surface area contributed by atoms with Gasteiger partial charge >= 0.3 is 6.03 Å². The van der Waals surface area contributed by atoms with E-state index in [0.29, 0.717) is 13.0 Å². The molecule has 3 rings (SSSR count). The molecule has 1 aromatic heterocycles. The van der Waals surface area contributed by atoms with Crippen molar-refractivity contribution in [1.29, 1.82) is 0 Å². The molecule has 8 nitrogen and oxygen atoms in total. The molecule has 1 aliphatic heterocycles. The van der Waals surface area contributed by atoms with Gasteiger partial charge in [-0.2, -0.15) is 0 Å². The van der Waals surface area contributed by atoms with E-state index in [1.165, 1.54) is 4.90 Å². The Morgan fingerprint density at radius 3 is 2.76 bits per heavy atom. The second kappa shape index (κ2) is 9.68. The molecule has 1 atom stereocenters. The fourth-order valence-electron chi connectivity index (χ4n) is 3.18. The molecule has 4 amide bonds. The number of pyridine rings is 1. The van der Waals surface area contributed by atoms with Gasteiger partial charge < -0.3 is 15.4 Å². The summed E-state index contributed by atoms with van der Waals surface area (Å²) in [6.45, 7) is 0.586. The molecule has 0 unspecified atom stereocenters. The molecule has 1 fully saturated rings. The van der Waals surface area contributed by atoms with Gasteiger partial charge in [0.05, 0.1) is 19.3 Å². The molecule has 0 spiro atoms. The van der Waals surface area contributed by atoms with E-state index in [0.717, 1.165) is 17.0 Å². The third kappa shape index (κ3) is 5.31. The smallest absolute Gasteiger partial charge is 0.324 e. The zero-order valence-corrected chi connectivity index (χ0v) is 16.3. The minimum Gasteiger partial charge on any atom is -0.496 e. The molecule has 1 aromatic carbocycles. The first-order valence-corrected chi connectivity index (χ1v) is 9.49. The summed E-state index contributed by atoms with van der Waals surface area (Å²) in [6.07, 6.45) is 2.56.